The molecule has 1 amide bonds. The SMILES string of the molecule is N#C[C@@H]1COCCN1C(=O)C1=CCCCO1. The second-order valence-electron chi connectivity index (χ2n) is 3.78. The largest absolute Gasteiger partial charge is 0.488 e. The molecule has 1 fully saturated rings. The molecule has 0 N–H and O–H groups in total. The van der Waals surface area contributed by atoms with Crippen molar-refractivity contribution >= 4 is 5.91 Å². The lowest BCUT2D eigenvalue weighted by molar-refractivity contribution is -0.137. The monoisotopic (exact) mass is 222 g/mol. The Balaban J connectivity index is 2.07. The average molecular weight is 222 g/mol. The van der Waals surface area contributed by atoms with Gasteiger partial charge in [0.2, 0.25) is 0 Å². The summed E-state index contributed by atoms with van der Waals surface area (Å²) in [4.78, 5) is 13.6. The molecular weight excluding hydrogens is 208 g/mol. The van der Waals surface area contributed by atoms with Crippen molar-refractivity contribution in [3.8, 4) is 6.07 Å². The molecule has 0 unspecified atom stereocenters. The van der Waals surface area contributed by atoms with Crippen molar-refractivity contribution in [2.45, 2.75) is 18.9 Å². The summed E-state index contributed by atoms with van der Waals surface area (Å²) < 4.78 is 10.5. The van der Waals surface area contributed by atoms with Gasteiger partial charge >= 0.3 is 0 Å². The van der Waals surface area contributed by atoms with Gasteiger partial charge in [-0.3, -0.25) is 4.79 Å². The number of carbonyl (C=O) groups excluding carboxylic acids is 1. The first-order valence-electron chi connectivity index (χ1n) is 5.44. The summed E-state index contributed by atoms with van der Waals surface area (Å²) in [6.45, 7) is 1.81. The molecule has 0 radical (unpaired) electrons. The molecule has 16 heavy (non-hydrogen) atoms. The van der Waals surface area contributed by atoms with Gasteiger partial charge in [-0.1, -0.05) is 0 Å². The molecule has 0 aromatic rings. The Hall–Kier alpha value is -1.54. The molecule has 0 spiro atoms. The molecule has 5 heteroatoms. The van der Waals surface area contributed by atoms with E-state index in [0.717, 1.165) is 12.8 Å². The Morgan fingerprint density at radius 1 is 1.56 bits per heavy atom. The van der Waals surface area contributed by atoms with Crippen molar-refractivity contribution in [3.63, 3.8) is 0 Å². The maximum absolute atomic E-state index is 12.0. The van der Waals surface area contributed by atoms with E-state index in [1.54, 1.807) is 6.08 Å². The smallest absolute Gasteiger partial charge is 0.289 e. The fourth-order valence-corrected chi connectivity index (χ4v) is 1.80. The molecule has 1 saturated heterocycles. The van der Waals surface area contributed by atoms with Crippen LogP contribution < -0.4 is 0 Å². The Morgan fingerprint density at radius 2 is 2.44 bits per heavy atom. The van der Waals surface area contributed by atoms with E-state index in [0.29, 0.717) is 25.5 Å². The van der Waals surface area contributed by atoms with Crippen LogP contribution in [0.4, 0.5) is 0 Å². The number of hydrogen-bond acceptors (Lipinski definition) is 4. The predicted molar refractivity (Wildman–Crippen MR) is 55.2 cm³/mol. The van der Waals surface area contributed by atoms with Crippen molar-refractivity contribution in [2.24, 2.45) is 0 Å². The summed E-state index contributed by atoms with van der Waals surface area (Å²) in [6, 6.07) is 1.58. The van der Waals surface area contributed by atoms with Crippen LogP contribution in [0.25, 0.3) is 0 Å². The van der Waals surface area contributed by atoms with Crippen LogP contribution in [-0.4, -0.2) is 43.2 Å². The number of ether oxygens (including phenoxy) is 2. The summed E-state index contributed by atoms with van der Waals surface area (Å²) in [5, 5.41) is 8.92. The third-order valence-corrected chi connectivity index (χ3v) is 2.68. The Kier molecular flexibility index (Phi) is 3.42. The van der Waals surface area contributed by atoms with Crippen molar-refractivity contribution in [2.75, 3.05) is 26.4 Å². The molecule has 86 valence electrons. The van der Waals surface area contributed by atoms with Gasteiger partial charge in [0.15, 0.2) is 5.76 Å². The van der Waals surface area contributed by atoms with E-state index >= 15 is 0 Å². The molecule has 0 saturated carbocycles. The summed E-state index contributed by atoms with van der Waals surface area (Å²) in [7, 11) is 0. The van der Waals surface area contributed by atoms with Crippen LogP contribution in [0.15, 0.2) is 11.8 Å². The summed E-state index contributed by atoms with van der Waals surface area (Å²) in [5.41, 5.74) is 0. The third-order valence-electron chi connectivity index (χ3n) is 2.68. The van der Waals surface area contributed by atoms with Gasteiger partial charge in [0.25, 0.3) is 5.91 Å². The van der Waals surface area contributed by atoms with Crippen LogP contribution in [-0.2, 0) is 14.3 Å². The zero-order valence-electron chi connectivity index (χ0n) is 9.02. The lowest BCUT2D eigenvalue weighted by Gasteiger charge is -2.32. The van der Waals surface area contributed by atoms with Crippen LogP contribution in [0.1, 0.15) is 12.8 Å². The van der Waals surface area contributed by atoms with E-state index < -0.39 is 6.04 Å². The third kappa shape index (κ3) is 2.17. The highest BCUT2D eigenvalue weighted by atomic mass is 16.5. The number of carbonyl (C=O) groups is 1. The zero-order valence-corrected chi connectivity index (χ0v) is 9.02. The van der Waals surface area contributed by atoms with Gasteiger partial charge in [-0.25, -0.2) is 0 Å². The van der Waals surface area contributed by atoms with E-state index in [1.165, 1.54) is 4.90 Å². The Bertz CT molecular complexity index is 346. The van der Waals surface area contributed by atoms with Crippen LogP contribution in [0.3, 0.4) is 0 Å². The number of morpholine rings is 1. The lowest BCUT2D eigenvalue weighted by atomic mass is 10.2. The minimum absolute atomic E-state index is 0.186. The van der Waals surface area contributed by atoms with Crippen molar-refractivity contribution in [1.82, 2.24) is 4.90 Å². The first kappa shape index (κ1) is 11.0. The number of hydrogen-bond donors (Lipinski definition) is 0. The first-order valence-corrected chi connectivity index (χ1v) is 5.44. The van der Waals surface area contributed by atoms with E-state index in [1.807, 2.05) is 0 Å². The maximum Gasteiger partial charge on any atom is 0.289 e. The van der Waals surface area contributed by atoms with Gasteiger partial charge < -0.3 is 14.4 Å². The molecule has 0 aromatic heterocycles. The molecule has 2 aliphatic rings. The average Bonchev–Trinajstić information content (AvgIpc) is 2.39. The standard InChI is InChI=1S/C11H14N2O3/c12-7-9-8-15-6-4-13(9)11(14)10-3-1-2-5-16-10/h3,9H,1-2,4-6,8H2/t9-/m1/s1. The molecule has 1 atom stereocenters. The van der Waals surface area contributed by atoms with E-state index in [9.17, 15) is 4.79 Å². The molecule has 2 aliphatic heterocycles. The fourth-order valence-electron chi connectivity index (χ4n) is 1.80. The van der Waals surface area contributed by atoms with E-state index in [2.05, 4.69) is 6.07 Å². The van der Waals surface area contributed by atoms with Crippen molar-refractivity contribution in [3.05, 3.63) is 11.8 Å². The highest BCUT2D eigenvalue weighted by molar-refractivity contribution is 5.92. The molecule has 0 aromatic carbocycles. The van der Waals surface area contributed by atoms with Crippen molar-refractivity contribution in [1.29, 1.82) is 5.26 Å². The van der Waals surface area contributed by atoms with E-state index in [4.69, 9.17) is 14.7 Å². The summed E-state index contributed by atoms with van der Waals surface area (Å²) >= 11 is 0. The number of allylic oxidation sites excluding steroid dienone is 1. The van der Waals surface area contributed by atoms with Gasteiger partial charge in [0.05, 0.1) is 25.9 Å². The second kappa shape index (κ2) is 4.99. The molecule has 0 aliphatic carbocycles. The van der Waals surface area contributed by atoms with Gasteiger partial charge in [-0.15, -0.1) is 0 Å². The minimum atomic E-state index is -0.493. The van der Waals surface area contributed by atoms with Crippen LogP contribution in [0.5, 0.6) is 0 Å². The fraction of sp³-hybridized carbons (Fsp3) is 0.636. The molecular formula is C11H14N2O3. The lowest BCUT2D eigenvalue weighted by Crippen LogP contribution is -2.48. The van der Waals surface area contributed by atoms with Gasteiger partial charge in [0.1, 0.15) is 6.04 Å². The van der Waals surface area contributed by atoms with E-state index in [-0.39, 0.29) is 12.5 Å². The summed E-state index contributed by atoms with van der Waals surface area (Å²) in [6.07, 6.45) is 3.61. The Morgan fingerprint density at radius 3 is 3.12 bits per heavy atom. The van der Waals surface area contributed by atoms with Gasteiger partial charge in [0, 0.05) is 6.54 Å². The molecule has 2 rings (SSSR count). The topological polar surface area (TPSA) is 62.6 Å². The van der Waals surface area contributed by atoms with Crippen molar-refractivity contribution < 1.29 is 14.3 Å². The molecule has 2 heterocycles. The first-order chi connectivity index (χ1) is 7.83. The highest BCUT2D eigenvalue weighted by Gasteiger charge is 2.30. The quantitative estimate of drug-likeness (QED) is 0.645. The zero-order chi connectivity index (χ0) is 11.4. The number of nitriles is 1. The number of amides is 1. The van der Waals surface area contributed by atoms with Gasteiger partial charge in [-0.2, -0.15) is 5.26 Å². The summed E-state index contributed by atoms with van der Waals surface area (Å²) in [5.74, 6) is 0.197. The van der Waals surface area contributed by atoms with Crippen LogP contribution in [0.2, 0.25) is 0 Å². The van der Waals surface area contributed by atoms with Crippen LogP contribution in [0, 0.1) is 11.3 Å². The number of nitrogens with zero attached hydrogens (tertiary/aromatic N) is 2. The Labute approximate surface area is 94.2 Å². The highest BCUT2D eigenvalue weighted by Crippen LogP contribution is 2.16. The van der Waals surface area contributed by atoms with Crippen LogP contribution >= 0.6 is 0 Å². The predicted octanol–water partition coefficient (Wildman–Crippen LogP) is 0.432. The normalized spacial score (nSPS) is 25.3. The molecule has 5 nitrogen and oxygen atoms in total. The molecule has 0 bridgehead atoms. The van der Waals surface area contributed by atoms with Gasteiger partial charge in [-0.05, 0) is 18.9 Å². The minimum Gasteiger partial charge on any atom is -0.488 e. The second-order valence-corrected chi connectivity index (χ2v) is 3.78. The number of rotatable bonds is 1. The maximum atomic E-state index is 12.0.